The largest absolute Gasteiger partial charge is 0.310 e. The Morgan fingerprint density at radius 1 is 1.00 bits per heavy atom. The predicted octanol–water partition coefficient (Wildman–Crippen LogP) is 3.93. The third-order valence-electron chi connectivity index (χ3n) is 4.67. The zero-order valence-electron chi connectivity index (χ0n) is 12.0. The van der Waals surface area contributed by atoms with Crippen LogP contribution in [0.5, 0.6) is 0 Å². The molecule has 100 valence electrons. The first-order valence-electron chi connectivity index (χ1n) is 7.32. The van der Waals surface area contributed by atoms with Crippen molar-refractivity contribution >= 4 is 11.8 Å². The standard InChI is InChI=1S/C15H29NS/c1-11-9-17-10-14(11)16-13-8-6-5-7-12(13)15(2,3)4/h11-14,16H,5-10H2,1-4H3. The van der Waals surface area contributed by atoms with E-state index in [4.69, 9.17) is 0 Å². The minimum atomic E-state index is 0.465. The summed E-state index contributed by atoms with van der Waals surface area (Å²) >= 11 is 2.13. The highest BCUT2D eigenvalue weighted by molar-refractivity contribution is 7.99. The van der Waals surface area contributed by atoms with Crippen LogP contribution in [0, 0.1) is 17.3 Å². The van der Waals surface area contributed by atoms with Crippen LogP contribution in [0.3, 0.4) is 0 Å². The van der Waals surface area contributed by atoms with Gasteiger partial charge in [0, 0.05) is 17.8 Å². The van der Waals surface area contributed by atoms with Gasteiger partial charge in [-0.05, 0) is 35.8 Å². The van der Waals surface area contributed by atoms with Crippen molar-refractivity contribution in [1.82, 2.24) is 5.32 Å². The van der Waals surface area contributed by atoms with Gasteiger partial charge in [0.25, 0.3) is 0 Å². The third-order valence-corrected chi connectivity index (χ3v) is 6.03. The molecule has 0 spiro atoms. The summed E-state index contributed by atoms with van der Waals surface area (Å²) in [6.07, 6.45) is 5.69. The zero-order valence-corrected chi connectivity index (χ0v) is 12.8. The average Bonchev–Trinajstić information content (AvgIpc) is 2.64. The van der Waals surface area contributed by atoms with Crippen LogP contribution in [0.25, 0.3) is 0 Å². The number of hydrogen-bond donors (Lipinski definition) is 1. The van der Waals surface area contributed by atoms with Crippen LogP contribution in [0.2, 0.25) is 0 Å². The quantitative estimate of drug-likeness (QED) is 0.802. The number of thioether (sulfide) groups is 1. The van der Waals surface area contributed by atoms with Gasteiger partial charge in [-0.25, -0.2) is 0 Å². The molecule has 0 amide bonds. The summed E-state index contributed by atoms with van der Waals surface area (Å²) in [5.41, 5.74) is 0.465. The molecule has 0 aromatic rings. The van der Waals surface area contributed by atoms with Crippen LogP contribution in [-0.4, -0.2) is 23.6 Å². The fourth-order valence-electron chi connectivity index (χ4n) is 3.52. The fourth-order valence-corrected chi connectivity index (χ4v) is 4.93. The van der Waals surface area contributed by atoms with E-state index in [1.165, 1.54) is 37.2 Å². The van der Waals surface area contributed by atoms with E-state index in [0.717, 1.165) is 23.9 Å². The van der Waals surface area contributed by atoms with Crippen molar-refractivity contribution in [2.24, 2.45) is 17.3 Å². The lowest BCUT2D eigenvalue weighted by Crippen LogP contribution is -2.50. The van der Waals surface area contributed by atoms with Crippen molar-refractivity contribution in [2.45, 2.75) is 65.5 Å². The van der Waals surface area contributed by atoms with Gasteiger partial charge in [-0.15, -0.1) is 0 Å². The molecule has 0 aromatic heterocycles. The first-order chi connectivity index (χ1) is 7.98. The van der Waals surface area contributed by atoms with E-state index >= 15 is 0 Å². The first-order valence-corrected chi connectivity index (χ1v) is 8.48. The Hall–Kier alpha value is 0.310. The molecular weight excluding hydrogens is 226 g/mol. The first kappa shape index (κ1) is 13.7. The molecule has 17 heavy (non-hydrogen) atoms. The minimum Gasteiger partial charge on any atom is -0.310 e. The maximum atomic E-state index is 4.00. The van der Waals surface area contributed by atoms with E-state index in [1.54, 1.807) is 0 Å². The summed E-state index contributed by atoms with van der Waals surface area (Å²) < 4.78 is 0. The molecule has 2 aliphatic rings. The van der Waals surface area contributed by atoms with E-state index < -0.39 is 0 Å². The zero-order chi connectivity index (χ0) is 12.5. The second-order valence-electron chi connectivity index (χ2n) is 7.15. The summed E-state index contributed by atoms with van der Waals surface area (Å²) in [6.45, 7) is 9.67. The molecular formula is C15H29NS. The van der Waals surface area contributed by atoms with Gasteiger partial charge >= 0.3 is 0 Å². The summed E-state index contributed by atoms with van der Waals surface area (Å²) in [7, 11) is 0. The molecule has 0 radical (unpaired) electrons. The second-order valence-corrected chi connectivity index (χ2v) is 8.23. The van der Waals surface area contributed by atoms with Gasteiger partial charge in [-0.3, -0.25) is 0 Å². The minimum absolute atomic E-state index is 0.465. The molecule has 1 aliphatic heterocycles. The normalized spacial score (nSPS) is 39.5. The summed E-state index contributed by atoms with van der Waals surface area (Å²) in [5.74, 6) is 4.41. The highest BCUT2D eigenvalue weighted by Gasteiger charge is 2.36. The summed E-state index contributed by atoms with van der Waals surface area (Å²) in [6, 6.07) is 1.54. The van der Waals surface area contributed by atoms with Gasteiger partial charge in [0.1, 0.15) is 0 Å². The fraction of sp³-hybridized carbons (Fsp3) is 1.00. The molecule has 4 unspecified atom stereocenters. The van der Waals surface area contributed by atoms with Crippen LogP contribution >= 0.6 is 11.8 Å². The van der Waals surface area contributed by atoms with Gasteiger partial charge in [-0.1, -0.05) is 40.5 Å². The highest BCUT2D eigenvalue weighted by atomic mass is 32.2. The van der Waals surface area contributed by atoms with Crippen LogP contribution in [0.4, 0.5) is 0 Å². The molecule has 1 nitrogen and oxygen atoms in total. The van der Waals surface area contributed by atoms with E-state index in [-0.39, 0.29) is 0 Å². The molecule has 1 saturated heterocycles. The molecule has 1 aliphatic carbocycles. The molecule has 0 bridgehead atoms. The highest BCUT2D eigenvalue weighted by Crippen LogP contribution is 2.39. The molecule has 0 aromatic carbocycles. The lowest BCUT2D eigenvalue weighted by Gasteiger charge is -2.42. The average molecular weight is 255 g/mol. The Kier molecular flexibility index (Phi) is 4.46. The van der Waals surface area contributed by atoms with Crippen LogP contribution in [0.15, 0.2) is 0 Å². The van der Waals surface area contributed by atoms with Gasteiger partial charge in [-0.2, -0.15) is 11.8 Å². The van der Waals surface area contributed by atoms with Crippen LogP contribution in [0.1, 0.15) is 53.4 Å². The third kappa shape index (κ3) is 3.41. The molecule has 2 fully saturated rings. The van der Waals surface area contributed by atoms with Crippen molar-refractivity contribution in [3.63, 3.8) is 0 Å². The van der Waals surface area contributed by atoms with E-state index in [1.807, 2.05) is 0 Å². The second kappa shape index (κ2) is 5.52. The number of hydrogen-bond acceptors (Lipinski definition) is 2. The maximum Gasteiger partial charge on any atom is 0.0194 e. The number of nitrogens with one attached hydrogen (secondary N) is 1. The molecule has 2 heteroatoms. The lowest BCUT2D eigenvalue weighted by atomic mass is 9.69. The lowest BCUT2D eigenvalue weighted by molar-refractivity contribution is 0.121. The van der Waals surface area contributed by atoms with Gasteiger partial charge in [0.05, 0.1) is 0 Å². The van der Waals surface area contributed by atoms with Gasteiger partial charge in [0.15, 0.2) is 0 Å². The summed E-state index contributed by atoms with van der Waals surface area (Å²) in [4.78, 5) is 0. The Morgan fingerprint density at radius 2 is 1.71 bits per heavy atom. The molecule has 1 heterocycles. The number of rotatable bonds is 2. The monoisotopic (exact) mass is 255 g/mol. The molecule has 1 saturated carbocycles. The topological polar surface area (TPSA) is 12.0 Å². The van der Waals surface area contributed by atoms with Crippen molar-refractivity contribution in [2.75, 3.05) is 11.5 Å². The van der Waals surface area contributed by atoms with E-state index in [9.17, 15) is 0 Å². The smallest absolute Gasteiger partial charge is 0.0194 e. The van der Waals surface area contributed by atoms with Crippen molar-refractivity contribution < 1.29 is 0 Å². The summed E-state index contributed by atoms with van der Waals surface area (Å²) in [5, 5.41) is 4.00. The van der Waals surface area contributed by atoms with Crippen LogP contribution in [-0.2, 0) is 0 Å². The van der Waals surface area contributed by atoms with Crippen molar-refractivity contribution in [1.29, 1.82) is 0 Å². The molecule has 4 atom stereocenters. The molecule has 2 rings (SSSR count). The van der Waals surface area contributed by atoms with Gasteiger partial charge < -0.3 is 5.32 Å². The predicted molar refractivity (Wildman–Crippen MR) is 78.6 cm³/mol. The Morgan fingerprint density at radius 3 is 2.29 bits per heavy atom. The van der Waals surface area contributed by atoms with E-state index in [2.05, 4.69) is 44.8 Å². The Bertz CT molecular complexity index is 246. The SMILES string of the molecule is CC1CSCC1NC1CCCCC1C(C)(C)C. The Balaban J connectivity index is 1.96. The van der Waals surface area contributed by atoms with Crippen molar-refractivity contribution in [3.05, 3.63) is 0 Å². The Labute approximate surface area is 112 Å². The van der Waals surface area contributed by atoms with Gasteiger partial charge in [0.2, 0.25) is 0 Å². The maximum absolute atomic E-state index is 4.00. The van der Waals surface area contributed by atoms with E-state index in [0.29, 0.717) is 5.41 Å². The van der Waals surface area contributed by atoms with Crippen molar-refractivity contribution in [3.8, 4) is 0 Å². The molecule has 1 N–H and O–H groups in total. The van der Waals surface area contributed by atoms with Crippen LogP contribution < -0.4 is 5.32 Å².